The van der Waals surface area contributed by atoms with Crippen LogP contribution in [0.2, 0.25) is 0 Å². The molecule has 60 valence electrons. The lowest BCUT2D eigenvalue weighted by Gasteiger charge is -2.27. The molecule has 0 bridgehead atoms. The second kappa shape index (κ2) is 3.01. The summed E-state index contributed by atoms with van der Waals surface area (Å²) >= 11 is 0. The Morgan fingerprint density at radius 1 is 1.70 bits per heavy atom. The number of rotatable bonds is 3. The summed E-state index contributed by atoms with van der Waals surface area (Å²) < 4.78 is 0. The van der Waals surface area contributed by atoms with E-state index in [0.717, 1.165) is 0 Å². The van der Waals surface area contributed by atoms with Crippen LogP contribution in [0.5, 0.6) is 0 Å². The number of carbonyl (C=O) groups excluding carboxylic acids is 1. The van der Waals surface area contributed by atoms with Crippen LogP contribution in [-0.2, 0) is 4.79 Å². The zero-order valence-electron chi connectivity index (χ0n) is 6.72. The first-order chi connectivity index (χ1) is 4.45. The second-order valence-corrected chi connectivity index (χ2v) is 3.09. The fourth-order valence-electron chi connectivity index (χ4n) is 0.545. The molecule has 0 aromatic heterocycles. The summed E-state index contributed by atoms with van der Waals surface area (Å²) in [4.78, 5) is 10.8. The molecule has 10 heavy (non-hydrogen) atoms. The third-order valence-electron chi connectivity index (χ3n) is 2.17. The predicted octanol–water partition coefficient (Wildman–Crippen LogP) is 0.126. The summed E-state index contributed by atoms with van der Waals surface area (Å²) in [6, 6.07) is 0. The van der Waals surface area contributed by atoms with Gasteiger partial charge in [0, 0.05) is 0 Å². The van der Waals surface area contributed by atoms with Crippen molar-refractivity contribution >= 4 is 5.91 Å². The van der Waals surface area contributed by atoms with Crippen molar-refractivity contribution < 1.29 is 9.90 Å². The van der Waals surface area contributed by atoms with Gasteiger partial charge in [-0.25, -0.2) is 0 Å². The largest absolute Gasteiger partial charge is 0.395 e. The van der Waals surface area contributed by atoms with Crippen LogP contribution < -0.4 is 5.73 Å². The Kier molecular flexibility index (Phi) is 2.84. The van der Waals surface area contributed by atoms with Crippen molar-refractivity contribution in [2.24, 2.45) is 17.1 Å². The lowest BCUT2D eigenvalue weighted by molar-refractivity contribution is -0.131. The highest BCUT2D eigenvalue weighted by Gasteiger charge is 2.33. The Morgan fingerprint density at radius 2 is 2.10 bits per heavy atom. The van der Waals surface area contributed by atoms with Gasteiger partial charge in [0.2, 0.25) is 5.91 Å². The fraction of sp³-hybridized carbons (Fsp3) is 0.857. The number of hydrogen-bond acceptors (Lipinski definition) is 2. The van der Waals surface area contributed by atoms with E-state index in [4.69, 9.17) is 10.8 Å². The molecule has 3 heteroatoms. The average Bonchev–Trinajstić information content (AvgIpc) is 1.85. The van der Waals surface area contributed by atoms with Crippen LogP contribution in [0, 0.1) is 11.3 Å². The zero-order chi connectivity index (χ0) is 8.36. The summed E-state index contributed by atoms with van der Waals surface area (Å²) in [6.45, 7) is 5.21. The van der Waals surface area contributed by atoms with Crippen LogP contribution in [0.3, 0.4) is 0 Å². The van der Waals surface area contributed by atoms with Crippen LogP contribution in [0.4, 0.5) is 0 Å². The maximum atomic E-state index is 10.8. The Morgan fingerprint density at radius 3 is 2.10 bits per heavy atom. The molecule has 3 N–H and O–H groups in total. The molecule has 0 saturated carbocycles. The van der Waals surface area contributed by atoms with Crippen molar-refractivity contribution in [3.63, 3.8) is 0 Å². The van der Waals surface area contributed by atoms with Gasteiger partial charge in [-0.1, -0.05) is 13.8 Å². The number of primary amides is 1. The van der Waals surface area contributed by atoms with E-state index in [1.165, 1.54) is 0 Å². The van der Waals surface area contributed by atoms with Gasteiger partial charge in [-0.05, 0) is 12.8 Å². The van der Waals surface area contributed by atoms with Gasteiger partial charge in [0.05, 0.1) is 12.0 Å². The van der Waals surface area contributed by atoms with Gasteiger partial charge < -0.3 is 10.8 Å². The number of amides is 1. The lowest BCUT2D eigenvalue weighted by atomic mass is 9.79. The van der Waals surface area contributed by atoms with E-state index in [1.54, 1.807) is 6.92 Å². The second-order valence-electron chi connectivity index (χ2n) is 3.09. The molecule has 1 atom stereocenters. The first-order valence-electron chi connectivity index (χ1n) is 3.36. The normalized spacial score (nSPS) is 16.9. The highest BCUT2D eigenvalue weighted by atomic mass is 16.3. The number of carbonyl (C=O) groups is 1. The zero-order valence-corrected chi connectivity index (χ0v) is 6.72. The van der Waals surface area contributed by atoms with Gasteiger partial charge in [0.15, 0.2) is 0 Å². The van der Waals surface area contributed by atoms with Crippen LogP contribution >= 0.6 is 0 Å². The van der Waals surface area contributed by atoms with Crippen molar-refractivity contribution in [2.45, 2.75) is 20.8 Å². The minimum absolute atomic E-state index is 0.0787. The lowest BCUT2D eigenvalue weighted by Crippen LogP contribution is -2.41. The van der Waals surface area contributed by atoms with Crippen molar-refractivity contribution in [3.05, 3.63) is 0 Å². The Hall–Kier alpha value is -0.570. The van der Waals surface area contributed by atoms with Gasteiger partial charge in [-0.3, -0.25) is 4.79 Å². The van der Waals surface area contributed by atoms with Crippen molar-refractivity contribution in [2.75, 3.05) is 6.61 Å². The third-order valence-corrected chi connectivity index (χ3v) is 2.17. The molecule has 0 aliphatic heterocycles. The SMILES string of the molecule is CC(C)C(C)(CO)C(N)=O. The summed E-state index contributed by atoms with van der Waals surface area (Å²) in [5.41, 5.74) is 4.32. The van der Waals surface area contributed by atoms with Crippen LogP contribution in [-0.4, -0.2) is 17.6 Å². The van der Waals surface area contributed by atoms with E-state index in [-0.39, 0.29) is 12.5 Å². The number of hydrogen-bond donors (Lipinski definition) is 2. The standard InChI is InChI=1S/C7H15NO2/c1-5(2)7(3,4-9)6(8)10/h5,9H,4H2,1-3H3,(H2,8,10). The molecule has 0 saturated heterocycles. The highest BCUT2D eigenvalue weighted by Crippen LogP contribution is 2.25. The molecule has 0 radical (unpaired) electrons. The topological polar surface area (TPSA) is 63.3 Å². The quantitative estimate of drug-likeness (QED) is 0.592. The Bertz CT molecular complexity index is 134. The number of nitrogens with two attached hydrogens (primary N) is 1. The molecule has 0 aromatic carbocycles. The molecule has 0 aromatic rings. The minimum Gasteiger partial charge on any atom is -0.395 e. The van der Waals surface area contributed by atoms with E-state index < -0.39 is 11.3 Å². The molecule has 1 unspecified atom stereocenters. The third kappa shape index (κ3) is 1.48. The highest BCUT2D eigenvalue weighted by molar-refractivity contribution is 5.80. The molecule has 0 fully saturated rings. The van der Waals surface area contributed by atoms with E-state index in [9.17, 15) is 4.79 Å². The molecule has 0 aliphatic rings. The summed E-state index contributed by atoms with van der Waals surface area (Å²) in [7, 11) is 0. The minimum atomic E-state index is -0.764. The molecule has 0 rings (SSSR count). The first kappa shape index (κ1) is 9.43. The summed E-state index contributed by atoms with van der Waals surface area (Å²) in [5.74, 6) is -0.361. The molecule has 1 amide bonds. The van der Waals surface area contributed by atoms with Gasteiger partial charge >= 0.3 is 0 Å². The molecular weight excluding hydrogens is 130 g/mol. The molecule has 0 spiro atoms. The van der Waals surface area contributed by atoms with Crippen LogP contribution in [0.1, 0.15) is 20.8 Å². The Labute approximate surface area is 61.2 Å². The predicted molar refractivity (Wildman–Crippen MR) is 39.2 cm³/mol. The van der Waals surface area contributed by atoms with E-state index in [0.29, 0.717) is 0 Å². The molecule has 3 nitrogen and oxygen atoms in total. The monoisotopic (exact) mass is 145 g/mol. The van der Waals surface area contributed by atoms with E-state index in [1.807, 2.05) is 13.8 Å². The summed E-state index contributed by atoms with van der Waals surface area (Å²) in [6.07, 6.45) is 0. The molecule has 0 heterocycles. The van der Waals surface area contributed by atoms with E-state index in [2.05, 4.69) is 0 Å². The average molecular weight is 145 g/mol. The number of aliphatic hydroxyl groups excluding tert-OH is 1. The van der Waals surface area contributed by atoms with Crippen LogP contribution in [0.25, 0.3) is 0 Å². The van der Waals surface area contributed by atoms with Crippen molar-refractivity contribution in [1.29, 1.82) is 0 Å². The molecule has 0 aliphatic carbocycles. The maximum absolute atomic E-state index is 10.8. The van der Waals surface area contributed by atoms with Gasteiger partial charge in [-0.15, -0.1) is 0 Å². The van der Waals surface area contributed by atoms with Gasteiger partial charge in [0.1, 0.15) is 0 Å². The van der Waals surface area contributed by atoms with Crippen molar-refractivity contribution in [3.8, 4) is 0 Å². The summed E-state index contributed by atoms with van der Waals surface area (Å²) in [5, 5.41) is 8.83. The number of aliphatic hydroxyl groups is 1. The first-order valence-corrected chi connectivity index (χ1v) is 3.36. The van der Waals surface area contributed by atoms with Gasteiger partial charge in [0.25, 0.3) is 0 Å². The smallest absolute Gasteiger partial charge is 0.225 e. The fourth-order valence-corrected chi connectivity index (χ4v) is 0.545. The van der Waals surface area contributed by atoms with Gasteiger partial charge in [-0.2, -0.15) is 0 Å². The van der Waals surface area contributed by atoms with Crippen LogP contribution in [0.15, 0.2) is 0 Å². The Balaban J connectivity index is 4.38. The molecular formula is C7H15NO2. The van der Waals surface area contributed by atoms with Crippen molar-refractivity contribution in [1.82, 2.24) is 0 Å². The maximum Gasteiger partial charge on any atom is 0.225 e. The van der Waals surface area contributed by atoms with E-state index >= 15 is 0 Å².